The van der Waals surface area contributed by atoms with Gasteiger partial charge < -0.3 is 24.8 Å². The fourth-order valence-corrected chi connectivity index (χ4v) is 5.30. The molecule has 2 N–H and O–H groups in total. The average molecular weight is 535 g/mol. The van der Waals surface area contributed by atoms with E-state index in [0.29, 0.717) is 61.5 Å². The van der Waals surface area contributed by atoms with Gasteiger partial charge in [-0.3, -0.25) is 14.5 Å². The molecule has 2 fully saturated rings. The molecule has 0 radical (unpaired) electrons. The maximum Gasteiger partial charge on any atom is 0.258 e. The predicted molar refractivity (Wildman–Crippen MR) is 142 cm³/mol. The van der Waals surface area contributed by atoms with Crippen LogP contribution in [0.3, 0.4) is 0 Å². The largest absolute Gasteiger partial charge is 0.493 e. The molecule has 0 unspecified atom stereocenters. The van der Waals surface area contributed by atoms with Gasteiger partial charge in [-0.2, -0.15) is 0 Å². The van der Waals surface area contributed by atoms with Crippen molar-refractivity contribution in [3.63, 3.8) is 0 Å². The van der Waals surface area contributed by atoms with Crippen molar-refractivity contribution >= 4 is 23.2 Å². The molecule has 2 amide bonds. The van der Waals surface area contributed by atoms with Gasteiger partial charge in [0.1, 0.15) is 28.4 Å². The molecule has 1 saturated carbocycles. The Bertz CT molecular complexity index is 1280. The van der Waals surface area contributed by atoms with Crippen molar-refractivity contribution in [2.45, 2.75) is 38.1 Å². The highest BCUT2D eigenvalue weighted by Crippen LogP contribution is 2.31. The number of benzene rings is 2. The Morgan fingerprint density at radius 1 is 1.08 bits per heavy atom. The summed E-state index contributed by atoms with van der Waals surface area (Å²) in [5.74, 6) is 1.75. The van der Waals surface area contributed by atoms with Gasteiger partial charge in [-0.1, -0.05) is 12.1 Å². The Kier molecular flexibility index (Phi) is 7.15. The van der Waals surface area contributed by atoms with E-state index in [-0.39, 0.29) is 30.6 Å². The van der Waals surface area contributed by atoms with Gasteiger partial charge in [0.2, 0.25) is 0 Å². The fraction of sp³-hybridized carbons (Fsp3) is 0.393. The van der Waals surface area contributed by atoms with Crippen LogP contribution < -0.4 is 24.8 Å². The zero-order chi connectivity index (χ0) is 25.9. The minimum absolute atomic E-state index is 0.162. The Morgan fingerprint density at radius 3 is 2.74 bits per heavy atom. The number of fused-ring (bicyclic) bond motifs is 7. The molecular weight excluding hydrogens is 504 g/mol. The Morgan fingerprint density at radius 2 is 1.95 bits per heavy atom. The van der Waals surface area contributed by atoms with Crippen LogP contribution in [0, 0.1) is 5.92 Å². The van der Waals surface area contributed by atoms with Crippen LogP contribution in [0.4, 0.5) is 0 Å². The molecular formula is C28H30N4O5S. The van der Waals surface area contributed by atoms with Crippen molar-refractivity contribution in [2.24, 2.45) is 5.92 Å². The van der Waals surface area contributed by atoms with Crippen LogP contribution in [0.5, 0.6) is 17.2 Å². The third-order valence-corrected chi connectivity index (χ3v) is 7.66. The second kappa shape index (κ2) is 11.0. The zero-order valence-corrected chi connectivity index (χ0v) is 21.7. The first-order chi connectivity index (χ1) is 18.6. The first-order valence-electron chi connectivity index (χ1n) is 12.9. The summed E-state index contributed by atoms with van der Waals surface area (Å²) in [6.07, 6.45) is 3.88. The van der Waals surface area contributed by atoms with E-state index in [0.717, 1.165) is 23.4 Å². The number of nitrogens with zero attached hydrogens (tertiary/aromatic N) is 2. The van der Waals surface area contributed by atoms with Gasteiger partial charge in [0.05, 0.1) is 19.2 Å². The standard InChI is InChI=1S/C28H30N4O5S/c33-26-17-36-23-10-20(9-22(11-23)35-16-19-1-2-19)28(34)31-24-13-32(15-27-29-7-8-38-27)14-25(24)37-21-5-3-18(4-6-21)12-30-26/h3-11,19,24-25H,1-2,12-17H2,(H,30,33)(H,31,34)/t24-,25-/m0/s1. The number of ether oxygens (including phenoxy) is 3. The number of rotatable bonds is 5. The van der Waals surface area contributed by atoms with Crippen molar-refractivity contribution in [3.8, 4) is 17.2 Å². The van der Waals surface area contributed by atoms with Gasteiger partial charge in [-0.15, -0.1) is 11.3 Å². The van der Waals surface area contributed by atoms with Gasteiger partial charge in [-0.05, 0) is 48.6 Å². The zero-order valence-electron chi connectivity index (χ0n) is 20.9. The van der Waals surface area contributed by atoms with Crippen molar-refractivity contribution in [3.05, 3.63) is 70.2 Å². The molecule has 3 aromatic rings. The van der Waals surface area contributed by atoms with E-state index in [1.165, 1.54) is 0 Å². The molecule has 4 aliphatic rings. The molecule has 2 atom stereocenters. The number of carbonyl (C=O) groups is 2. The Hall–Kier alpha value is -3.63. The number of nitrogens with one attached hydrogen (secondary N) is 2. The quantitative estimate of drug-likeness (QED) is 0.519. The van der Waals surface area contributed by atoms with E-state index < -0.39 is 0 Å². The summed E-state index contributed by atoms with van der Waals surface area (Å²) in [7, 11) is 0. The van der Waals surface area contributed by atoms with Gasteiger partial charge >= 0.3 is 0 Å². The molecule has 4 heterocycles. The summed E-state index contributed by atoms with van der Waals surface area (Å²) in [4.78, 5) is 32.6. The molecule has 3 aliphatic heterocycles. The number of likely N-dealkylation sites (tertiary alicyclic amines) is 1. The van der Waals surface area contributed by atoms with Crippen LogP contribution in [-0.4, -0.2) is 60.1 Å². The maximum absolute atomic E-state index is 13.5. The number of aromatic nitrogens is 1. The molecule has 1 saturated heterocycles. The van der Waals surface area contributed by atoms with Crippen LogP contribution in [-0.2, 0) is 17.9 Å². The number of hydrogen-bond donors (Lipinski definition) is 2. The lowest BCUT2D eigenvalue weighted by Crippen LogP contribution is -2.45. The SMILES string of the molecule is O=C1COc2cc(OCC3CC3)cc(c2)C(=O)N[C@H]2CN(Cc3nccs3)C[C@@H]2Oc2ccc(cc2)CN1. The summed E-state index contributed by atoms with van der Waals surface area (Å²) < 4.78 is 18.1. The van der Waals surface area contributed by atoms with E-state index in [9.17, 15) is 9.59 Å². The van der Waals surface area contributed by atoms with Gasteiger partial charge in [-0.25, -0.2) is 4.98 Å². The van der Waals surface area contributed by atoms with E-state index in [1.54, 1.807) is 35.7 Å². The lowest BCUT2D eigenvalue weighted by Gasteiger charge is -2.22. The first-order valence-corrected chi connectivity index (χ1v) is 13.8. The number of carbonyl (C=O) groups excluding carboxylic acids is 2. The fourth-order valence-electron chi connectivity index (χ4n) is 4.64. The lowest BCUT2D eigenvalue weighted by molar-refractivity contribution is -0.123. The van der Waals surface area contributed by atoms with Crippen LogP contribution in [0.1, 0.15) is 33.8 Å². The molecule has 0 spiro atoms. The molecule has 1 aliphatic carbocycles. The average Bonchev–Trinajstić information content (AvgIpc) is 3.48. The van der Waals surface area contributed by atoms with E-state index in [4.69, 9.17) is 14.2 Å². The summed E-state index contributed by atoms with van der Waals surface area (Å²) in [5.41, 5.74) is 1.37. The van der Waals surface area contributed by atoms with Crippen LogP contribution in [0.2, 0.25) is 0 Å². The number of thiazole rings is 1. The van der Waals surface area contributed by atoms with Crippen LogP contribution in [0.25, 0.3) is 0 Å². The Labute approximate surface area is 225 Å². The highest BCUT2D eigenvalue weighted by molar-refractivity contribution is 7.09. The highest BCUT2D eigenvalue weighted by atomic mass is 32.1. The molecule has 10 heteroatoms. The number of hydrogen-bond acceptors (Lipinski definition) is 8. The summed E-state index contributed by atoms with van der Waals surface area (Å²) >= 11 is 1.62. The minimum Gasteiger partial charge on any atom is -0.493 e. The van der Waals surface area contributed by atoms with E-state index >= 15 is 0 Å². The normalized spacial score (nSPS) is 22.0. The molecule has 7 rings (SSSR count). The van der Waals surface area contributed by atoms with Crippen molar-refractivity contribution in [2.75, 3.05) is 26.3 Å². The molecule has 1 aromatic heterocycles. The smallest absolute Gasteiger partial charge is 0.258 e. The first kappa shape index (κ1) is 24.7. The third-order valence-electron chi connectivity index (χ3n) is 6.90. The molecule has 198 valence electrons. The van der Waals surface area contributed by atoms with Crippen LogP contribution >= 0.6 is 11.3 Å². The number of amides is 2. The van der Waals surface area contributed by atoms with Gasteiger partial charge in [0, 0.05) is 42.8 Å². The van der Waals surface area contributed by atoms with Crippen molar-refractivity contribution < 1.29 is 23.8 Å². The van der Waals surface area contributed by atoms with Crippen molar-refractivity contribution in [1.29, 1.82) is 0 Å². The molecule has 9 nitrogen and oxygen atoms in total. The monoisotopic (exact) mass is 534 g/mol. The Balaban J connectivity index is 1.27. The summed E-state index contributed by atoms with van der Waals surface area (Å²) in [6, 6.07) is 12.5. The third kappa shape index (κ3) is 6.25. The summed E-state index contributed by atoms with van der Waals surface area (Å²) in [6.45, 7) is 2.81. The van der Waals surface area contributed by atoms with E-state index in [1.807, 2.05) is 29.6 Å². The maximum atomic E-state index is 13.5. The highest BCUT2D eigenvalue weighted by Gasteiger charge is 2.36. The van der Waals surface area contributed by atoms with Crippen LogP contribution in [0.15, 0.2) is 54.0 Å². The minimum atomic E-state index is -0.250. The molecule has 4 bridgehead atoms. The van der Waals surface area contributed by atoms with Gasteiger partial charge in [0.25, 0.3) is 11.8 Å². The van der Waals surface area contributed by atoms with E-state index in [2.05, 4.69) is 20.5 Å². The molecule has 2 aromatic carbocycles. The van der Waals surface area contributed by atoms with Crippen molar-refractivity contribution in [1.82, 2.24) is 20.5 Å². The second-order valence-electron chi connectivity index (χ2n) is 10.0. The lowest BCUT2D eigenvalue weighted by atomic mass is 10.1. The van der Waals surface area contributed by atoms with Gasteiger partial charge in [0.15, 0.2) is 6.61 Å². The molecule has 38 heavy (non-hydrogen) atoms. The second-order valence-corrected chi connectivity index (χ2v) is 11.0. The predicted octanol–water partition coefficient (Wildman–Crippen LogP) is 3.00. The topological polar surface area (TPSA) is 102 Å². The summed E-state index contributed by atoms with van der Waals surface area (Å²) in [5, 5.41) is 9.05.